The van der Waals surface area contributed by atoms with Crippen LogP contribution in [0.25, 0.3) is 0 Å². The summed E-state index contributed by atoms with van der Waals surface area (Å²) >= 11 is 0. The third-order valence-electron chi connectivity index (χ3n) is 5.24. The first-order valence-corrected chi connectivity index (χ1v) is 12.9. The molecule has 38 heavy (non-hydrogen) atoms. The maximum Gasteiger partial charge on any atom is 0.508 e. The first kappa shape index (κ1) is 32.9. The summed E-state index contributed by atoms with van der Waals surface area (Å²) in [5.41, 5.74) is -0.945. The van der Waals surface area contributed by atoms with Crippen LogP contribution < -0.4 is 14.8 Å². The molecule has 0 amide bonds. The summed E-state index contributed by atoms with van der Waals surface area (Å²) in [7, 11) is 1.27. The molecule has 1 rings (SSSR count). The van der Waals surface area contributed by atoms with E-state index in [2.05, 4.69) is 12.2 Å². The summed E-state index contributed by atoms with van der Waals surface area (Å²) in [5, 5.41) is 3.00. The largest absolute Gasteiger partial charge is 0.508 e. The summed E-state index contributed by atoms with van der Waals surface area (Å²) in [5.74, 6) is -1.36. The standard InChI is InChI=1S/C28H43NO9/c1-9-10-11-15-35-26(33)36-16-14-29-20(23(30)34-8)17-19-12-13-21(37-24(31)27(2,3)4)22(18-19)38-25(32)28(5,6)7/h12-13,18,20,29H,9-11,14-17H2,1-8H3/t20-/m0/s1. The minimum Gasteiger partial charge on any atom is -0.468 e. The highest BCUT2D eigenvalue weighted by molar-refractivity contribution is 5.81. The zero-order valence-corrected chi connectivity index (χ0v) is 23.9. The lowest BCUT2D eigenvalue weighted by molar-refractivity contribution is -0.145. The fraction of sp³-hybridized carbons (Fsp3) is 0.643. The maximum atomic E-state index is 12.6. The van der Waals surface area contributed by atoms with Crippen LogP contribution in [0.2, 0.25) is 0 Å². The van der Waals surface area contributed by atoms with E-state index in [9.17, 15) is 19.2 Å². The van der Waals surface area contributed by atoms with Gasteiger partial charge in [-0.05, 0) is 72.1 Å². The summed E-state index contributed by atoms with van der Waals surface area (Å²) in [6, 6.07) is 3.97. The minimum absolute atomic E-state index is 0.00373. The van der Waals surface area contributed by atoms with Gasteiger partial charge in [-0.1, -0.05) is 25.8 Å². The summed E-state index contributed by atoms with van der Waals surface area (Å²) < 4.78 is 26.0. The van der Waals surface area contributed by atoms with Crippen LogP contribution in [0.4, 0.5) is 4.79 Å². The molecule has 0 aliphatic rings. The van der Waals surface area contributed by atoms with Crippen LogP contribution in [0.3, 0.4) is 0 Å². The Morgan fingerprint density at radius 3 is 1.97 bits per heavy atom. The van der Waals surface area contributed by atoms with E-state index in [1.54, 1.807) is 53.7 Å². The van der Waals surface area contributed by atoms with Gasteiger partial charge in [-0.2, -0.15) is 0 Å². The number of methoxy groups -OCH3 is 1. The molecular weight excluding hydrogens is 494 g/mol. The molecule has 10 nitrogen and oxygen atoms in total. The van der Waals surface area contributed by atoms with Crippen LogP contribution in [-0.4, -0.2) is 57.0 Å². The molecule has 0 unspecified atom stereocenters. The van der Waals surface area contributed by atoms with Gasteiger partial charge in [0.15, 0.2) is 11.5 Å². The molecule has 0 heterocycles. The lowest BCUT2D eigenvalue weighted by atomic mass is 9.97. The molecule has 0 spiro atoms. The average Bonchev–Trinajstić information content (AvgIpc) is 2.83. The van der Waals surface area contributed by atoms with Crippen molar-refractivity contribution in [3.8, 4) is 11.5 Å². The molecule has 1 aromatic rings. The fourth-order valence-corrected chi connectivity index (χ4v) is 2.88. The van der Waals surface area contributed by atoms with Gasteiger partial charge in [-0.3, -0.25) is 14.4 Å². The number of ether oxygens (including phenoxy) is 5. The molecule has 0 bridgehead atoms. The third-order valence-corrected chi connectivity index (χ3v) is 5.24. The lowest BCUT2D eigenvalue weighted by Crippen LogP contribution is -2.41. The van der Waals surface area contributed by atoms with Crippen molar-refractivity contribution in [2.45, 2.75) is 80.2 Å². The maximum absolute atomic E-state index is 12.6. The molecule has 0 fully saturated rings. The van der Waals surface area contributed by atoms with E-state index in [1.165, 1.54) is 13.2 Å². The number of unbranched alkanes of at least 4 members (excludes halogenated alkanes) is 2. The van der Waals surface area contributed by atoms with Gasteiger partial charge >= 0.3 is 24.1 Å². The number of rotatable bonds is 13. The van der Waals surface area contributed by atoms with Crippen LogP contribution >= 0.6 is 0 Å². The smallest absolute Gasteiger partial charge is 0.468 e. The molecule has 1 N–H and O–H groups in total. The number of nitrogens with one attached hydrogen (secondary N) is 1. The quantitative estimate of drug-likeness (QED) is 0.217. The minimum atomic E-state index is -0.797. The lowest BCUT2D eigenvalue weighted by Gasteiger charge is -2.21. The molecule has 1 atom stereocenters. The number of esters is 3. The molecule has 0 radical (unpaired) electrons. The Balaban J connectivity index is 2.95. The van der Waals surface area contributed by atoms with E-state index in [1.807, 2.05) is 0 Å². The van der Waals surface area contributed by atoms with E-state index < -0.39 is 40.9 Å². The zero-order valence-electron chi connectivity index (χ0n) is 23.9. The summed E-state index contributed by atoms with van der Waals surface area (Å²) in [6.45, 7) is 12.8. The zero-order chi connectivity index (χ0) is 28.9. The number of hydrogen-bond donors (Lipinski definition) is 1. The van der Waals surface area contributed by atoms with Crippen molar-refractivity contribution in [1.29, 1.82) is 0 Å². The van der Waals surface area contributed by atoms with E-state index in [-0.39, 0.29) is 31.1 Å². The van der Waals surface area contributed by atoms with E-state index >= 15 is 0 Å². The van der Waals surface area contributed by atoms with Gasteiger partial charge in [0.05, 0.1) is 24.5 Å². The van der Waals surface area contributed by atoms with Gasteiger partial charge in [-0.25, -0.2) is 4.79 Å². The van der Waals surface area contributed by atoms with Crippen molar-refractivity contribution in [2.24, 2.45) is 10.8 Å². The second-order valence-electron chi connectivity index (χ2n) is 10.9. The number of carbonyl (C=O) groups excluding carboxylic acids is 4. The Kier molecular flexibility index (Phi) is 13.3. The second-order valence-corrected chi connectivity index (χ2v) is 10.9. The highest BCUT2D eigenvalue weighted by atomic mass is 16.7. The SMILES string of the molecule is CCCCCOC(=O)OCCN[C@@H](Cc1ccc(OC(=O)C(C)(C)C)c(OC(=O)C(C)(C)C)c1)C(=O)OC. The number of benzene rings is 1. The van der Waals surface area contributed by atoms with Crippen LogP contribution in [0.1, 0.15) is 73.3 Å². The van der Waals surface area contributed by atoms with E-state index in [0.717, 1.165) is 19.3 Å². The number of carbonyl (C=O) groups is 4. The van der Waals surface area contributed by atoms with Crippen molar-refractivity contribution in [1.82, 2.24) is 5.32 Å². The van der Waals surface area contributed by atoms with Crippen LogP contribution in [0, 0.1) is 10.8 Å². The van der Waals surface area contributed by atoms with E-state index in [0.29, 0.717) is 12.2 Å². The highest BCUT2D eigenvalue weighted by Gasteiger charge is 2.29. The van der Waals surface area contributed by atoms with E-state index in [4.69, 9.17) is 23.7 Å². The molecule has 0 aromatic heterocycles. The Morgan fingerprint density at radius 2 is 1.42 bits per heavy atom. The molecule has 214 valence electrons. The molecule has 0 saturated carbocycles. The van der Waals surface area contributed by atoms with Crippen molar-refractivity contribution < 1.29 is 42.9 Å². The first-order valence-electron chi connectivity index (χ1n) is 12.9. The summed E-state index contributed by atoms with van der Waals surface area (Å²) in [4.78, 5) is 49.1. The first-order chi connectivity index (χ1) is 17.7. The molecule has 0 aliphatic heterocycles. The van der Waals surface area contributed by atoms with Crippen molar-refractivity contribution >= 4 is 24.1 Å². The van der Waals surface area contributed by atoms with Gasteiger partial charge < -0.3 is 29.0 Å². The van der Waals surface area contributed by atoms with Crippen LogP contribution in [0.15, 0.2) is 18.2 Å². The van der Waals surface area contributed by atoms with Gasteiger partial charge in [0, 0.05) is 6.54 Å². The Morgan fingerprint density at radius 1 is 0.842 bits per heavy atom. The Labute approximate surface area is 225 Å². The van der Waals surface area contributed by atoms with Gasteiger partial charge in [0.2, 0.25) is 0 Å². The molecule has 0 saturated heterocycles. The second kappa shape index (κ2) is 15.3. The fourth-order valence-electron chi connectivity index (χ4n) is 2.88. The number of hydrogen-bond acceptors (Lipinski definition) is 10. The molecular formula is C28H43NO9. The van der Waals surface area contributed by atoms with Crippen molar-refractivity contribution in [2.75, 3.05) is 26.9 Å². The summed E-state index contributed by atoms with van der Waals surface area (Å²) in [6.07, 6.45) is 2.16. The van der Waals surface area contributed by atoms with Gasteiger partial charge in [0.25, 0.3) is 0 Å². The molecule has 10 heteroatoms. The average molecular weight is 538 g/mol. The molecule has 1 aromatic carbocycles. The van der Waals surface area contributed by atoms with Crippen LogP contribution in [-0.2, 0) is 35.0 Å². The molecule has 0 aliphatic carbocycles. The van der Waals surface area contributed by atoms with Crippen LogP contribution in [0.5, 0.6) is 11.5 Å². The predicted molar refractivity (Wildman–Crippen MR) is 141 cm³/mol. The van der Waals surface area contributed by atoms with Crippen molar-refractivity contribution in [3.63, 3.8) is 0 Å². The van der Waals surface area contributed by atoms with Gasteiger partial charge in [-0.15, -0.1) is 0 Å². The third kappa shape index (κ3) is 11.9. The topological polar surface area (TPSA) is 126 Å². The van der Waals surface area contributed by atoms with Gasteiger partial charge in [0.1, 0.15) is 12.6 Å². The highest BCUT2D eigenvalue weighted by Crippen LogP contribution is 2.33. The van der Waals surface area contributed by atoms with Crippen molar-refractivity contribution in [3.05, 3.63) is 23.8 Å². The Bertz CT molecular complexity index is 945. The monoisotopic (exact) mass is 537 g/mol. The Hall–Kier alpha value is -3.14. The normalized spacial score (nSPS) is 12.3. The predicted octanol–water partition coefficient (Wildman–Crippen LogP) is 4.61.